The van der Waals surface area contributed by atoms with E-state index in [2.05, 4.69) is 59.4 Å². The molecule has 0 amide bonds. The summed E-state index contributed by atoms with van der Waals surface area (Å²) < 4.78 is 26.9. The minimum Gasteiger partial charge on any atom is -0.278 e. The molecule has 6 aromatic rings. The third-order valence-corrected chi connectivity index (χ3v) is 10.0. The molecular formula is C38H26N4O2S. The highest BCUT2D eigenvalue weighted by Gasteiger charge is 2.25. The van der Waals surface area contributed by atoms with Crippen LogP contribution in [0.2, 0.25) is 0 Å². The zero-order valence-electron chi connectivity index (χ0n) is 24.0. The summed E-state index contributed by atoms with van der Waals surface area (Å²) in [6.45, 7) is 0. The molecule has 0 spiro atoms. The monoisotopic (exact) mass is 602 g/mol. The van der Waals surface area contributed by atoms with Gasteiger partial charge in [0.15, 0.2) is 0 Å². The average molecular weight is 603 g/mol. The van der Waals surface area contributed by atoms with Crippen LogP contribution in [-0.4, -0.2) is 19.8 Å². The first-order chi connectivity index (χ1) is 22.1. The van der Waals surface area contributed by atoms with Crippen LogP contribution in [0.3, 0.4) is 0 Å². The van der Waals surface area contributed by atoms with Crippen LogP contribution >= 0.6 is 0 Å². The van der Waals surface area contributed by atoms with Crippen LogP contribution in [0.15, 0.2) is 166 Å². The molecule has 0 aromatic heterocycles. The lowest BCUT2D eigenvalue weighted by atomic mass is 10.1. The molecule has 0 fully saturated rings. The molecule has 0 unspecified atom stereocenters. The Morgan fingerprint density at radius 2 is 0.622 bits per heavy atom. The Labute approximate surface area is 261 Å². The third-order valence-electron chi connectivity index (χ3n) is 8.23. The van der Waals surface area contributed by atoms with Gasteiger partial charge in [0.2, 0.25) is 9.84 Å². The molecule has 2 aliphatic rings. The first kappa shape index (κ1) is 26.8. The molecule has 2 N–H and O–H groups in total. The molecule has 0 heterocycles. The highest BCUT2D eigenvalue weighted by Crippen LogP contribution is 2.38. The number of nitrogens with zero attached hydrogens (tertiary/aromatic N) is 2. The summed E-state index contributed by atoms with van der Waals surface area (Å²) in [5, 5.41) is 9.41. The highest BCUT2D eigenvalue weighted by molar-refractivity contribution is 7.91. The van der Waals surface area contributed by atoms with Crippen LogP contribution < -0.4 is 10.9 Å². The van der Waals surface area contributed by atoms with Crippen molar-refractivity contribution in [2.45, 2.75) is 9.79 Å². The number of fused-ring (bicyclic) bond motifs is 6. The Bertz CT molecular complexity index is 2020. The molecule has 6 nitrogen and oxygen atoms in total. The van der Waals surface area contributed by atoms with Crippen molar-refractivity contribution >= 4 is 32.6 Å². The molecule has 216 valence electrons. The first-order valence-corrected chi connectivity index (χ1v) is 16.1. The van der Waals surface area contributed by atoms with Crippen molar-refractivity contribution in [2.24, 2.45) is 10.2 Å². The topological polar surface area (TPSA) is 82.9 Å². The normalized spacial score (nSPS) is 12.5. The standard InChI is InChI=1S/C38H26N4O2S/c43-45(44,27-21-17-25(18-22-27)39-41-37-33-13-5-1-9-29(33)30-10-2-6-14-34(30)37)28-23-19-26(20-24-28)40-42-38-35-15-7-3-11-31(35)32-12-4-8-16-36(32)38/h1-24,39-40H. The molecule has 0 aliphatic heterocycles. The van der Waals surface area contributed by atoms with Gasteiger partial charge in [0.1, 0.15) is 0 Å². The number of rotatable bonds is 6. The van der Waals surface area contributed by atoms with E-state index in [9.17, 15) is 8.42 Å². The summed E-state index contributed by atoms with van der Waals surface area (Å²) in [5.41, 5.74) is 18.2. The Morgan fingerprint density at radius 1 is 0.356 bits per heavy atom. The lowest BCUT2D eigenvalue weighted by Crippen LogP contribution is -2.04. The number of nitrogens with one attached hydrogen (secondary N) is 2. The van der Waals surface area contributed by atoms with Crippen molar-refractivity contribution in [1.82, 2.24) is 0 Å². The fourth-order valence-corrected chi connectivity index (χ4v) is 7.28. The maximum atomic E-state index is 13.4. The minimum atomic E-state index is -3.72. The number of benzene rings is 6. The van der Waals surface area contributed by atoms with E-state index in [0.29, 0.717) is 11.4 Å². The van der Waals surface area contributed by atoms with E-state index in [4.69, 9.17) is 10.2 Å². The van der Waals surface area contributed by atoms with Crippen molar-refractivity contribution in [3.8, 4) is 22.3 Å². The SMILES string of the molecule is O=S(=O)(c1ccc(NN=C2c3ccccc3-c3ccccc32)cc1)c1ccc(NN=C2c3ccccc3-c3ccccc32)cc1. The average Bonchev–Trinajstić information content (AvgIpc) is 3.59. The fraction of sp³-hybridized carbons (Fsp3) is 0. The number of hydrogen-bond acceptors (Lipinski definition) is 6. The van der Waals surface area contributed by atoms with Gasteiger partial charge in [-0.05, 0) is 70.8 Å². The second-order valence-corrected chi connectivity index (χ2v) is 12.8. The van der Waals surface area contributed by atoms with Crippen molar-refractivity contribution < 1.29 is 8.42 Å². The van der Waals surface area contributed by atoms with E-state index in [1.54, 1.807) is 48.5 Å². The molecule has 6 aromatic carbocycles. The van der Waals surface area contributed by atoms with Crippen LogP contribution in [-0.2, 0) is 9.84 Å². The van der Waals surface area contributed by atoms with Gasteiger partial charge in [-0.2, -0.15) is 10.2 Å². The highest BCUT2D eigenvalue weighted by atomic mass is 32.2. The van der Waals surface area contributed by atoms with Gasteiger partial charge in [-0.15, -0.1) is 0 Å². The smallest absolute Gasteiger partial charge is 0.206 e. The molecular weight excluding hydrogens is 577 g/mol. The van der Waals surface area contributed by atoms with Crippen LogP contribution in [0.1, 0.15) is 22.3 Å². The summed E-state index contributed by atoms with van der Waals surface area (Å²) in [7, 11) is -3.72. The van der Waals surface area contributed by atoms with E-state index in [1.807, 2.05) is 48.5 Å². The van der Waals surface area contributed by atoms with Gasteiger partial charge < -0.3 is 0 Å². The molecule has 7 heteroatoms. The van der Waals surface area contributed by atoms with Gasteiger partial charge in [0.05, 0.1) is 32.6 Å². The van der Waals surface area contributed by atoms with Crippen LogP contribution in [0.4, 0.5) is 11.4 Å². The van der Waals surface area contributed by atoms with E-state index < -0.39 is 9.84 Å². The van der Waals surface area contributed by atoms with E-state index in [1.165, 1.54) is 0 Å². The molecule has 8 rings (SSSR count). The summed E-state index contributed by atoms with van der Waals surface area (Å²) in [4.78, 5) is 0.412. The van der Waals surface area contributed by atoms with Crippen molar-refractivity contribution in [3.63, 3.8) is 0 Å². The molecule has 0 bridgehead atoms. The second-order valence-electron chi connectivity index (χ2n) is 10.9. The number of anilines is 2. The molecule has 0 radical (unpaired) electrons. The Hall–Kier alpha value is -5.79. The maximum absolute atomic E-state index is 13.4. The van der Waals surface area contributed by atoms with E-state index in [0.717, 1.165) is 55.9 Å². The van der Waals surface area contributed by atoms with Gasteiger partial charge >= 0.3 is 0 Å². The molecule has 2 aliphatic carbocycles. The zero-order chi connectivity index (χ0) is 30.4. The van der Waals surface area contributed by atoms with E-state index in [-0.39, 0.29) is 9.79 Å². The summed E-state index contributed by atoms with van der Waals surface area (Å²) in [6, 6.07) is 46.1. The van der Waals surface area contributed by atoms with Gasteiger partial charge in [-0.25, -0.2) is 8.42 Å². The van der Waals surface area contributed by atoms with Crippen LogP contribution in [0.5, 0.6) is 0 Å². The molecule has 0 saturated heterocycles. The predicted molar refractivity (Wildman–Crippen MR) is 181 cm³/mol. The van der Waals surface area contributed by atoms with Gasteiger partial charge in [-0.1, -0.05) is 97.1 Å². The van der Waals surface area contributed by atoms with Gasteiger partial charge in [0.25, 0.3) is 0 Å². The largest absolute Gasteiger partial charge is 0.278 e. The van der Waals surface area contributed by atoms with Crippen molar-refractivity contribution in [1.29, 1.82) is 0 Å². The van der Waals surface area contributed by atoms with E-state index >= 15 is 0 Å². The summed E-state index contributed by atoms with van der Waals surface area (Å²) in [5.74, 6) is 0. The quantitative estimate of drug-likeness (QED) is 0.188. The van der Waals surface area contributed by atoms with Crippen LogP contribution in [0.25, 0.3) is 22.3 Å². The fourth-order valence-electron chi connectivity index (χ4n) is 6.02. The molecule has 0 atom stereocenters. The predicted octanol–water partition coefficient (Wildman–Crippen LogP) is 8.21. The summed E-state index contributed by atoms with van der Waals surface area (Å²) in [6.07, 6.45) is 0. The zero-order valence-corrected chi connectivity index (χ0v) is 24.8. The van der Waals surface area contributed by atoms with Crippen LogP contribution in [0, 0.1) is 0 Å². The number of hydrogen-bond donors (Lipinski definition) is 2. The molecule has 0 saturated carbocycles. The Balaban J connectivity index is 0.996. The number of sulfone groups is 1. The Morgan fingerprint density at radius 3 is 0.911 bits per heavy atom. The maximum Gasteiger partial charge on any atom is 0.206 e. The second kappa shape index (κ2) is 10.7. The van der Waals surface area contributed by atoms with Gasteiger partial charge in [0, 0.05) is 22.3 Å². The number of hydrazone groups is 2. The lowest BCUT2D eigenvalue weighted by molar-refractivity contribution is 0.596. The van der Waals surface area contributed by atoms with Gasteiger partial charge in [-0.3, -0.25) is 10.9 Å². The minimum absolute atomic E-state index is 0.206. The third kappa shape index (κ3) is 4.61. The van der Waals surface area contributed by atoms with Crippen molar-refractivity contribution in [3.05, 3.63) is 168 Å². The van der Waals surface area contributed by atoms with Crippen molar-refractivity contribution in [2.75, 3.05) is 10.9 Å². The first-order valence-electron chi connectivity index (χ1n) is 14.6. The molecule has 45 heavy (non-hydrogen) atoms. The Kier molecular flexibility index (Phi) is 6.39. The summed E-state index contributed by atoms with van der Waals surface area (Å²) >= 11 is 0. The lowest BCUT2D eigenvalue weighted by Gasteiger charge is -2.09.